The summed E-state index contributed by atoms with van der Waals surface area (Å²) in [6.45, 7) is 20.4. The molecule has 0 spiro atoms. The Morgan fingerprint density at radius 2 is 1.15 bits per heavy atom. The van der Waals surface area contributed by atoms with Gasteiger partial charge in [-0.3, -0.25) is 38.7 Å². The standard InChI is InChI=1S/C28H32N10O.C13H20IN3O2.C11H17N3O.C9H14IN3.C9H15N3.C8H15NO.ClH/c39-26(37-10-7-24-25(16-37)34-36-33-24)17-38-15-23(27(35-38)18-5-8-29-9-6-18)21-13-30-28(31-14-21)32-22-11-19-3-1-2-4-20(19)12-22;1-3-19-12(18)9-17-8-11(14)13(15-17)10-4-6-16(2)7-5-10;1-9(15)14-8-5-11(12-14)10-3-6-13(2)7-4-10;1-13-4-2-7(3-5-13)9-8(10)6-11-12-9;1-12-6-3-8(4-7-12)9-2-5-10-11-9;1-7(10)8-3-5-9(2)6-4-8;/h1-4,13-15,18,22,29H,5-12,16-17H2,(H,30,31,32)(H,33,34,36);8,10H,3-7,9H2,1-2H3;5,8,10H,3-4,6-7H2,1-2H3;6-7H,2-5H2,1H3,(H,11,12);2,5,8H,3-4,6-7H2,1H3,(H,10,11);8H,3-6H2,1-2H3;1H. The highest BCUT2D eigenvalue weighted by molar-refractivity contribution is 14.1. The lowest BCUT2D eigenvalue weighted by molar-refractivity contribution is -0.144. The van der Waals surface area contributed by atoms with Crippen LogP contribution in [0.5, 0.6) is 0 Å². The highest BCUT2D eigenvalue weighted by Crippen LogP contribution is 2.35. The number of likely N-dealkylation sites (tertiary alicyclic amines) is 5. The third kappa shape index (κ3) is 24.8. The summed E-state index contributed by atoms with van der Waals surface area (Å²) in [5.41, 5.74) is 12.4. The van der Waals surface area contributed by atoms with Gasteiger partial charge in [-0.1, -0.05) is 24.3 Å². The van der Waals surface area contributed by atoms with Gasteiger partial charge in [0.25, 0.3) is 0 Å². The number of benzene rings is 1. The van der Waals surface area contributed by atoms with Crippen LogP contribution in [0.4, 0.5) is 5.95 Å². The first-order valence-corrected chi connectivity index (χ1v) is 41.1. The van der Waals surface area contributed by atoms with Crippen molar-refractivity contribution in [2.24, 2.45) is 5.92 Å². The molecular formula is C78H114ClI2N23O5. The summed E-state index contributed by atoms with van der Waals surface area (Å²) in [6.07, 6.45) is 29.6. The molecule has 6 saturated heterocycles. The number of Topliss-reactive ketones (excluding diaryl/α,β-unsaturated/α-hetero) is 1. The second-order valence-electron chi connectivity index (χ2n) is 30.5. The normalized spacial score (nSPS) is 19.0. The number of anilines is 1. The molecule has 0 unspecified atom stereocenters. The molecule has 8 aliphatic rings. The summed E-state index contributed by atoms with van der Waals surface area (Å²) in [6, 6.07) is 13.0. The average molecular weight is 1740 g/mol. The Labute approximate surface area is 675 Å². The molecule has 6 fully saturated rings. The minimum absolute atomic E-state index is 0. The summed E-state index contributed by atoms with van der Waals surface area (Å²) >= 11 is 4.66. The van der Waals surface area contributed by atoms with E-state index in [2.05, 4.69) is 202 Å². The van der Waals surface area contributed by atoms with Crippen LogP contribution in [0.25, 0.3) is 11.1 Å². The molecule has 592 valence electrons. The molecule has 5 N–H and O–H groups in total. The van der Waals surface area contributed by atoms with E-state index in [1.165, 1.54) is 89.6 Å². The van der Waals surface area contributed by atoms with Crippen LogP contribution in [0.2, 0.25) is 0 Å². The number of hydrogen-bond acceptors (Lipinski definition) is 21. The first-order valence-electron chi connectivity index (χ1n) is 39.0. The van der Waals surface area contributed by atoms with E-state index < -0.39 is 0 Å². The summed E-state index contributed by atoms with van der Waals surface area (Å²) in [5, 5.41) is 46.0. The van der Waals surface area contributed by atoms with Gasteiger partial charge in [0, 0.05) is 115 Å². The number of halogens is 3. The van der Waals surface area contributed by atoms with Crippen molar-refractivity contribution < 1.29 is 23.9 Å². The molecule has 31 heteroatoms. The van der Waals surface area contributed by atoms with Crippen LogP contribution in [-0.2, 0) is 58.0 Å². The molecule has 0 saturated carbocycles. The Balaban J connectivity index is 0.000000152. The maximum Gasteiger partial charge on any atom is 0.327 e. The Bertz CT molecular complexity index is 4050. The van der Waals surface area contributed by atoms with Crippen molar-refractivity contribution in [2.45, 2.75) is 172 Å². The predicted molar refractivity (Wildman–Crippen MR) is 441 cm³/mol. The number of ketones is 1. The number of nitrogens with one attached hydrogen (secondary N) is 5. The SMILES string of the molecule is CC(=O)C1CCN(C)CC1.CC(=O)n1ccc(C2CCN(C)CC2)n1.CCOC(=O)Cn1cc(I)c(C2CCN(C)CC2)n1.CN1CCC(c2[nH]ncc2I)CC1.CN1CCC(c2ccn[nH]2)CC1.Cl.O=C(Cn1cc(-c2cnc(NC3Cc4ccccc4C3)nc2)c(C2CCNCC2)n1)N1CCc2n[nH]nc2C1. The van der Waals surface area contributed by atoms with Crippen molar-refractivity contribution in [3.05, 3.63) is 138 Å². The highest BCUT2D eigenvalue weighted by Gasteiger charge is 2.30. The molecule has 1 amide bonds. The number of nitrogens with zero attached hydrogens (tertiary/aromatic N) is 18. The number of rotatable bonds is 14. The molecule has 14 heterocycles. The van der Waals surface area contributed by atoms with Gasteiger partial charge in [0.05, 0.1) is 55.0 Å². The summed E-state index contributed by atoms with van der Waals surface area (Å²) in [4.78, 5) is 69.5. The lowest BCUT2D eigenvalue weighted by Crippen LogP contribution is -2.38. The highest BCUT2D eigenvalue weighted by atomic mass is 127. The number of hydrogen-bond donors (Lipinski definition) is 5. The fourth-order valence-electron chi connectivity index (χ4n) is 15.6. The molecule has 1 aliphatic carbocycles. The van der Waals surface area contributed by atoms with Crippen LogP contribution >= 0.6 is 57.6 Å². The van der Waals surface area contributed by atoms with Crippen molar-refractivity contribution in [1.82, 2.24) is 110 Å². The van der Waals surface area contributed by atoms with Gasteiger partial charge in [-0.2, -0.15) is 40.9 Å². The molecule has 0 radical (unpaired) electrons. The van der Waals surface area contributed by atoms with E-state index in [1.54, 1.807) is 22.5 Å². The molecule has 28 nitrogen and oxygen atoms in total. The van der Waals surface area contributed by atoms with Crippen molar-refractivity contribution in [3.8, 4) is 11.1 Å². The van der Waals surface area contributed by atoms with Crippen molar-refractivity contribution >= 4 is 87.1 Å². The average Bonchev–Trinajstić information content (AvgIpc) is 1.66. The number of aromatic nitrogens is 15. The van der Waals surface area contributed by atoms with Gasteiger partial charge < -0.3 is 44.8 Å². The fourth-order valence-corrected chi connectivity index (χ4v) is 17.2. The van der Waals surface area contributed by atoms with E-state index in [4.69, 9.17) is 9.84 Å². The molecule has 1 aromatic carbocycles. The largest absolute Gasteiger partial charge is 0.465 e. The molecule has 7 aliphatic heterocycles. The smallest absolute Gasteiger partial charge is 0.327 e. The lowest BCUT2D eigenvalue weighted by atomic mass is 9.91. The van der Waals surface area contributed by atoms with E-state index in [1.807, 2.05) is 55.1 Å². The fraction of sp³-hybridized carbons (Fsp3) is 0.603. The van der Waals surface area contributed by atoms with Gasteiger partial charge >= 0.3 is 5.97 Å². The van der Waals surface area contributed by atoms with Gasteiger partial charge in [0.15, 0.2) is 0 Å². The van der Waals surface area contributed by atoms with E-state index in [-0.39, 0.29) is 43.3 Å². The number of piperidine rings is 6. The molecule has 109 heavy (non-hydrogen) atoms. The van der Waals surface area contributed by atoms with Crippen LogP contribution in [0.15, 0.2) is 79.8 Å². The molecule has 16 rings (SSSR count). The number of ether oxygens (including phenoxy) is 1. The topological polar surface area (TPSA) is 299 Å². The number of esters is 1. The van der Waals surface area contributed by atoms with Crippen LogP contribution in [-0.4, -0.2) is 261 Å². The third-order valence-corrected chi connectivity index (χ3v) is 24.1. The van der Waals surface area contributed by atoms with Crippen LogP contribution in [0.1, 0.15) is 183 Å². The Morgan fingerprint density at radius 1 is 0.587 bits per heavy atom. The second kappa shape index (κ2) is 42.1. The number of amides is 1. The van der Waals surface area contributed by atoms with E-state index in [0.717, 1.165) is 160 Å². The summed E-state index contributed by atoms with van der Waals surface area (Å²) in [5.74, 6) is 3.94. The van der Waals surface area contributed by atoms with Crippen molar-refractivity contribution in [1.29, 1.82) is 0 Å². The van der Waals surface area contributed by atoms with Gasteiger partial charge in [-0.15, -0.1) is 12.4 Å². The third-order valence-electron chi connectivity index (χ3n) is 22.4. The van der Waals surface area contributed by atoms with Gasteiger partial charge in [0.1, 0.15) is 24.6 Å². The van der Waals surface area contributed by atoms with Gasteiger partial charge in [-0.25, -0.2) is 14.6 Å². The Morgan fingerprint density at radius 3 is 1.71 bits per heavy atom. The van der Waals surface area contributed by atoms with Crippen molar-refractivity contribution in [2.75, 3.05) is 132 Å². The van der Waals surface area contributed by atoms with E-state index in [0.29, 0.717) is 79.4 Å². The maximum absolute atomic E-state index is 13.2. The zero-order valence-corrected chi connectivity index (χ0v) is 70.1. The Hall–Kier alpha value is -6.92. The molecule has 0 atom stereocenters. The molecule has 8 aromatic rings. The van der Waals surface area contributed by atoms with Crippen molar-refractivity contribution in [3.63, 3.8) is 0 Å². The van der Waals surface area contributed by atoms with Gasteiger partial charge in [0.2, 0.25) is 17.8 Å². The van der Waals surface area contributed by atoms with Crippen LogP contribution in [0.3, 0.4) is 0 Å². The number of carbonyl (C=O) groups is 4. The quantitative estimate of drug-likeness (QED) is 0.0500. The number of carbonyl (C=O) groups excluding carboxylic acids is 4. The van der Waals surface area contributed by atoms with E-state index in [9.17, 15) is 19.2 Å². The summed E-state index contributed by atoms with van der Waals surface area (Å²) < 4.78 is 12.3. The molecule has 7 aromatic heterocycles. The minimum Gasteiger partial charge on any atom is -0.465 e. The Kier molecular flexibility index (Phi) is 32.6. The first-order chi connectivity index (χ1) is 52.3. The minimum atomic E-state index is -0.226. The zero-order valence-electron chi connectivity index (χ0n) is 64.9. The number of H-pyrrole nitrogens is 3. The van der Waals surface area contributed by atoms with Gasteiger partial charge in [-0.05, 0) is 286 Å². The molecule has 0 bridgehead atoms. The number of aromatic amines is 3. The lowest BCUT2D eigenvalue weighted by Gasteiger charge is -2.28. The second-order valence-corrected chi connectivity index (χ2v) is 32.8. The monoisotopic (exact) mass is 1740 g/mol. The maximum atomic E-state index is 13.2. The van der Waals surface area contributed by atoms with E-state index >= 15 is 0 Å². The first kappa shape index (κ1) is 84.5. The van der Waals surface area contributed by atoms with Crippen LogP contribution < -0.4 is 10.6 Å². The predicted octanol–water partition coefficient (Wildman–Crippen LogP) is 9.68. The summed E-state index contributed by atoms with van der Waals surface area (Å²) in [7, 11) is 10.8. The number of fused-ring (bicyclic) bond motifs is 2. The zero-order chi connectivity index (χ0) is 76.1. The van der Waals surface area contributed by atoms with Crippen LogP contribution in [0, 0.1) is 13.1 Å². The molecular weight excluding hydrogens is 1630 g/mol.